The zero-order chi connectivity index (χ0) is 12.6. The second kappa shape index (κ2) is 3.92. The number of benzene rings is 1. The van der Waals surface area contributed by atoms with Gasteiger partial charge < -0.3 is 15.5 Å². The fraction of sp³-hybridized carbons (Fsp3) is 0.250. The Morgan fingerprint density at radius 2 is 2.06 bits per heavy atom. The largest absolute Gasteiger partial charge is 0.423 e. The van der Waals surface area contributed by atoms with Crippen LogP contribution in [0, 0.1) is 0 Å². The van der Waals surface area contributed by atoms with E-state index in [9.17, 15) is 4.79 Å². The number of hydrogen-bond acceptors (Lipinski definition) is 5. The molecule has 2 aromatic rings. The zero-order valence-corrected chi connectivity index (χ0v) is 9.59. The van der Waals surface area contributed by atoms with Gasteiger partial charge in [-0.25, -0.2) is 0 Å². The maximum absolute atomic E-state index is 11.7. The number of nitrogens with two attached hydrogens (primary N) is 1. The molecule has 18 heavy (non-hydrogen) atoms. The molecule has 0 spiro atoms. The van der Waals surface area contributed by atoms with Gasteiger partial charge in [0.25, 0.3) is 0 Å². The molecule has 0 radical (unpaired) electrons. The average Bonchev–Trinajstić information content (AvgIpc) is 2.94. The molecule has 6 nitrogen and oxygen atoms in total. The number of carbonyl (C=O) groups excluding carboxylic acids is 1. The molecule has 1 aliphatic rings. The highest BCUT2D eigenvalue weighted by Crippen LogP contribution is 2.33. The molecule has 1 amide bonds. The van der Waals surface area contributed by atoms with Gasteiger partial charge in [0.2, 0.25) is 18.2 Å². The standard InChI is InChI=1S/C12H12N4O2/c13-12(5-6-12)11(17)15-9-3-1-8(2-4-9)10-16-14-7-18-10/h1-4,7H,5-6,13H2,(H,15,17). The zero-order valence-electron chi connectivity index (χ0n) is 9.59. The topological polar surface area (TPSA) is 94.0 Å². The third-order valence-corrected chi connectivity index (χ3v) is 2.99. The summed E-state index contributed by atoms with van der Waals surface area (Å²) in [6.07, 6.45) is 2.77. The summed E-state index contributed by atoms with van der Waals surface area (Å²) in [4.78, 5) is 11.7. The van der Waals surface area contributed by atoms with E-state index >= 15 is 0 Å². The Labute approximate surface area is 103 Å². The van der Waals surface area contributed by atoms with Crippen LogP contribution in [0.5, 0.6) is 0 Å². The highest BCUT2D eigenvalue weighted by molar-refractivity contribution is 6.00. The van der Waals surface area contributed by atoms with Gasteiger partial charge in [0.05, 0.1) is 5.54 Å². The molecule has 0 unspecified atom stereocenters. The summed E-state index contributed by atoms with van der Waals surface area (Å²) in [7, 11) is 0. The van der Waals surface area contributed by atoms with Crippen molar-refractivity contribution in [2.24, 2.45) is 5.73 Å². The van der Waals surface area contributed by atoms with Crippen molar-refractivity contribution in [1.29, 1.82) is 0 Å². The van der Waals surface area contributed by atoms with E-state index in [4.69, 9.17) is 10.2 Å². The number of amides is 1. The fourth-order valence-corrected chi connectivity index (χ4v) is 1.61. The van der Waals surface area contributed by atoms with E-state index in [-0.39, 0.29) is 5.91 Å². The van der Waals surface area contributed by atoms with Gasteiger partial charge in [0, 0.05) is 11.3 Å². The van der Waals surface area contributed by atoms with Crippen molar-refractivity contribution >= 4 is 11.6 Å². The molecule has 0 saturated heterocycles. The van der Waals surface area contributed by atoms with Crippen LogP contribution in [0.2, 0.25) is 0 Å². The molecule has 1 fully saturated rings. The molecule has 0 atom stereocenters. The average molecular weight is 244 g/mol. The van der Waals surface area contributed by atoms with E-state index in [1.807, 2.05) is 0 Å². The number of nitrogens with zero attached hydrogens (tertiary/aromatic N) is 2. The van der Waals surface area contributed by atoms with Crippen molar-refractivity contribution in [3.63, 3.8) is 0 Å². The van der Waals surface area contributed by atoms with Gasteiger partial charge in [-0.05, 0) is 37.1 Å². The molecule has 1 aliphatic carbocycles. The summed E-state index contributed by atoms with van der Waals surface area (Å²) in [6, 6.07) is 7.17. The fourth-order valence-electron chi connectivity index (χ4n) is 1.61. The summed E-state index contributed by atoms with van der Waals surface area (Å²) in [5, 5.41) is 10.2. The normalized spacial score (nSPS) is 16.3. The quantitative estimate of drug-likeness (QED) is 0.845. The van der Waals surface area contributed by atoms with Crippen molar-refractivity contribution < 1.29 is 9.21 Å². The first-order valence-electron chi connectivity index (χ1n) is 5.64. The molecule has 6 heteroatoms. The van der Waals surface area contributed by atoms with Crippen molar-refractivity contribution in [2.45, 2.75) is 18.4 Å². The van der Waals surface area contributed by atoms with Crippen LogP contribution in [0.25, 0.3) is 11.5 Å². The molecule has 3 N–H and O–H groups in total. The Kier molecular flexibility index (Phi) is 2.38. The molecule has 1 aromatic heterocycles. The monoisotopic (exact) mass is 244 g/mol. The van der Waals surface area contributed by atoms with Crippen LogP contribution in [0.15, 0.2) is 35.1 Å². The summed E-state index contributed by atoms with van der Waals surface area (Å²) < 4.78 is 5.08. The minimum atomic E-state index is -0.662. The van der Waals surface area contributed by atoms with Crippen LogP contribution in [0.3, 0.4) is 0 Å². The highest BCUT2D eigenvalue weighted by Gasteiger charge is 2.45. The Morgan fingerprint density at radius 3 is 2.61 bits per heavy atom. The van der Waals surface area contributed by atoms with Gasteiger partial charge in [-0.2, -0.15) is 0 Å². The van der Waals surface area contributed by atoms with Crippen LogP contribution in [-0.4, -0.2) is 21.6 Å². The molecule has 3 rings (SSSR count). The van der Waals surface area contributed by atoms with Crippen LogP contribution in [-0.2, 0) is 4.79 Å². The number of nitrogens with one attached hydrogen (secondary N) is 1. The SMILES string of the molecule is NC1(C(=O)Nc2ccc(-c3nnco3)cc2)CC1. The smallest absolute Gasteiger partial charge is 0.247 e. The van der Waals surface area contributed by atoms with Crippen molar-refractivity contribution in [3.05, 3.63) is 30.7 Å². The first-order valence-corrected chi connectivity index (χ1v) is 5.64. The molecule has 0 bridgehead atoms. The van der Waals surface area contributed by atoms with Gasteiger partial charge in [-0.3, -0.25) is 4.79 Å². The van der Waals surface area contributed by atoms with Crippen LogP contribution in [0.4, 0.5) is 5.69 Å². The molecule has 1 saturated carbocycles. The van der Waals surface area contributed by atoms with Gasteiger partial charge in [0.1, 0.15) is 0 Å². The first-order chi connectivity index (χ1) is 8.67. The van der Waals surface area contributed by atoms with E-state index < -0.39 is 5.54 Å². The van der Waals surface area contributed by atoms with Gasteiger partial charge in [-0.15, -0.1) is 10.2 Å². The van der Waals surface area contributed by atoms with Crippen molar-refractivity contribution in [1.82, 2.24) is 10.2 Å². The lowest BCUT2D eigenvalue weighted by Gasteiger charge is -2.09. The molecule has 0 aliphatic heterocycles. The lowest BCUT2D eigenvalue weighted by Crippen LogP contribution is -2.37. The Bertz CT molecular complexity index is 558. The first kappa shape index (κ1) is 10.9. The van der Waals surface area contributed by atoms with Crippen molar-refractivity contribution in [3.8, 4) is 11.5 Å². The van der Waals surface area contributed by atoms with E-state index in [0.717, 1.165) is 18.4 Å². The minimum absolute atomic E-state index is 0.131. The summed E-state index contributed by atoms with van der Waals surface area (Å²) in [5.74, 6) is 0.318. The van der Waals surface area contributed by atoms with E-state index in [2.05, 4.69) is 15.5 Å². The number of aromatic nitrogens is 2. The Morgan fingerprint density at radius 1 is 1.33 bits per heavy atom. The highest BCUT2D eigenvalue weighted by atomic mass is 16.4. The summed E-state index contributed by atoms with van der Waals surface area (Å²) in [6.45, 7) is 0. The van der Waals surface area contributed by atoms with Gasteiger partial charge in [-0.1, -0.05) is 0 Å². The van der Waals surface area contributed by atoms with Gasteiger partial charge in [0.15, 0.2) is 0 Å². The predicted molar refractivity (Wildman–Crippen MR) is 64.5 cm³/mol. The number of anilines is 1. The molecule has 92 valence electrons. The number of hydrogen-bond donors (Lipinski definition) is 2. The lowest BCUT2D eigenvalue weighted by atomic mass is 10.2. The molecule has 1 aromatic carbocycles. The van der Waals surface area contributed by atoms with E-state index in [1.165, 1.54) is 6.39 Å². The molecule has 1 heterocycles. The third-order valence-electron chi connectivity index (χ3n) is 2.99. The number of carbonyl (C=O) groups is 1. The second-order valence-electron chi connectivity index (χ2n) is 4.43. The molecular weight excluding hydrogens is 232 g/mol. The van der Waals surface area contributed by atoms with Gasteiger partial charge >= 0.3 is 0 Å². The van der Waals surface area contributed by atoms with Crippen LogP contribution in [0.1, 0.15) is 12.8 Å². The van der Waals surface area contributed by atoms with Crippen LogP contribution >= 0.6 is 0 Å². The second-order valence-corrected chi connectivity index (χ2v) is 4.43. The maximum Gasteiger partial charge on any atom is 0.247 e. The predicted octanol–water partition coefficient (Wildman–Crippen LogP) is 1.17. The summed E-state index contributed by atoms with van der Waals surface area (Å²) in [5.41, 5.74) is 6.65. The van der Waals surface area contributed by atoms with E-state index in [0.29, 0.717) is 11.6 Å². The van der Waals surface area contributed by atoms with E-state index in [1.54, 1.807) is 24.3 Å². The van der Waals surface area contributed by atoms with Crippen LogP contribution < -0.4 is 11.1 Å². The Hall–Kier alpha value is -2.21. The lowest BCUT2D eigenvalue weighted by molar-refractivity contribution is -0.118. The molecular formula is C12H12N4O2. The number of rotatable bonds is 3. The Balaban J connectivity index is 1.73. The van der Waals surface area contributed by atoms with Crippen molar-refractivity contribution in [2.75, 3.05) is 5.32 Å². The summed E-state index contributed by atoms with van der Waals surface area (Å²) >= 11 is 0. The maximum atomic E-state index is 11.7. The minimum Gasteiger partial charge on any atom is -0.423 e. The third kappa shape index (κ3) is 1.98.